The predicted octanol–water partition coefficient (Wildman–Crippen LogP) is 1.68. The summed E-state index contributed by atoms with van der Waals surface area (Å²) in [4.78, 5) is 25.0. The number of methoxy groups -OCH3 is 1. The number of ether oxygens (including phenoxy) is 4. The van der Waals surface area contributed by atoms with Crippen molar-refractivity contribution in [2.45, 2.75) is 45.6 Å². The van der Waals surface area contributed by atoms with Gasteiger partial charge in [0.15, 0.2) is 11.5 Å². The van der Waals surface area contributed by atoms with Crippen LogP contribution in [0.2, 0.25) is 0 Å². The van der Waals surface area contributed by atoms with Crippen LogP contribution in [0.15, 0.2) is 16.9 Å². The molecule has 3 aliphatic heterocycles. The lowest BCUT2D eigenvalue weighted by Crippen LogP contribution is -2.47. The van der Waals surface area contributed by atoms with Crippen molar-refractivity contribution in [3.8, 4) is 17.2 Å². The van der Waals surface area contributed by atoms with Gasteiger partial charge in [-0.05, 0) is 26.3 Å². The van der Waals surface area contributed by atoms with Gasteiger partial charge in [0.2, 0.25) is 12.7 Å². The molecular weight excluding hydrogens is 400 g/mol. The van der Waals surface area contributed by atoms with Gasteiger partial charge in [-0.3, -0.25) is 14.7 Å². The fraction of sp³-hybridized carbons (Fsp3) is 0.545. The van der Waals surface area contributed by atoms with E-state index in [4.69, 9.17) is 23.9 Å². The Balaban J connectivity index is 1.38. The Labute approximate surface area is 180 Å². The van der Waals surface area contributed by atoms with Gasteiger partial charge in [0.05, 0.1) is 25.0 Å². The molecule has 1 aromatic heterocycles. The molecule has 0 aliphatic carbocycles. The van der Waals surface area contributed by atoms with Crippen LogP contribution in [-0.4, -0.2) is 60.6 Å². The van der Waals surface area contributed by atoms with Gasteiger partial charge in [0, 0.05) is 49.9 Å². The van der Waals surface area contributed by atoms with Gasteiger partial charge in [0.1, 0.15) is 5.75 Å². The lowest BCUT2D eigenvalue weighted by Gasteiger charge is -2.36. The number of fused-ring (bicyclic) bond motifs is 2. The Morgan fingerprint density at radius 3 is 2.68 bits per heavy atom. The highest BCUT2D eigenvalue weighted by Gasteiger charge is 2.27. The molecule has 9 nitrogen and oxygen atoms in total. The van der Waals surface area contributed by atoms with Crippen LogP contribution in [0.25, 0.3) is 0 Å². The first-order valence-corrected chi connectivity index (χ1v) is 10.7. The number of aromatic amines is 1. The molecule has 0 radical (unpaired) electrons. The van der Waals surface area contributed by atoms with E-state index in [0.717, 1.165) is 34.9 Å². The van der Waals surface area contributed by atoms with E-state index in [-0.39, 0.29) is 24.6 Å². The van der Waals surface area contributed by atoms with Crippen LogP contribution in [0.3, 0.4) is 0 Å². The summed E-state index contributed by atoms with van der Waals surface area (Å²) >= 11 is 0. The number of morpholine rings is 1. The normalized spacial score (nSPS) is 23.0. The maximum atomic E-state index is 12.8. The number of nitrogens with one attached hydrogen (secondary N) is 1. The molecule has 1 fully saturated rings. The zero-order chi connectivity index (χ0) is 21.5. The molecule has 4 heterocycles. The Morgan fingerprint density at radius 1 is 1.19 bits per heavy atom. The maximum absolute atomic E-state index is 12.8. The third-order valence-electron chi connectivity index (χ3n) is 6.03. The summed E-state index contributed by atoms with van der Waals surface area (Å²) in [7, 11) is 1.66. The number of benzene rings is 1. The number of rotatable bonds is 4. The van der Waals surface area contributed by atoms with E-state index in [1.165, 1.54) is 0 Å². The third kappa shape index (κ3) is 3.95. The average molecular weight is 428 g/mol. The van der Waals surface area contributed by atoms with Crippen molar-refractivity contribution in [2.75, 3.05) is 38.4 Å². The molecule has 2 aromatic rings. The van der Waals surface area contributed by atoms with E-state index in [9.17, 15) is 4.79 Å². The van der Waals surface area contributed by atoms with Gasteiger partial charge < -0.3 is 23.8 Å². The van der Waals surface area contributed by atoms with E-state index in [1.54, 1.807) is 7.11 Å². The van der Waals surface area contributed by atoms with Crippen molar-refractivity contribution in [2.24, 2.45) is 0 Å². The first kappa shape index (κ1) is 20.1. The smallest absolute Gasteiger partial charge is 0.255 e. The maximum Gasteiger partial charge on any atom is 0.255 e. The Hall–Kier alpha value is -2.78. The summed E-state index contributed by atoms with van der Waals surface area (Å²) in [6.07, 6.45) is 0.862. The van der Waals surface area contributed by atoms with Gasteiger partial charge in [-0.25, -0.2) is 4.98 Å². The molecule has 1 N–H and O–H groups in total. The van der Waals surface area contributed by atoms with Crippen LogP contribution < -0.4 is 24.7 Å². The van der Waals surface area contributed by atoms with Crippen molar-refractivity contribution < 1.29 is 18.9 Å². The highest BCUT2D eigenvalue weighted by molar-refractivity contribution is 5.52. The summed E-state index contributed by atoms with van der Waals surface area (Å²) < 4.78 is 22.4. The topological polar surface area (TPSA) is 89.2 Å². The van der Waals surface area contributed by atoms with Crippen molar-refractivity contribution in [3.63, 3.8) is 0 Å². The molecular formula is C22H28N4O5. The molecule has 0 amide bonds. The Morgan fingerprint density at radius 2 is 1.94 bits per heavy atom. The predicted molar refractivity (Wildman–Crippen MR) is 114 cm³/mol. The number of nitrogens with zero attached hydrogens (tertiary/aromatic N) is 3. The number of aromatic nitrogens is 2. The minimum Gasteiger partial charge on any atom is -0.496 e. The van der Waals surface area contributed by atoms with Gasteiger partial charge >= 0.3 is 0 Å². The largest absolute Gasteiger partial charge is 0.496 e. The van der Waals surface area contributed by atoms with E-state index in [1.807, 2.05) is 26.0 Å². The highest BCUT2D eigenvalue weighted by atomic mass is 16.7. The van der Waals surface area contributed by atoms with Crippen molar-refractivity contribution >= 4 is 5.95 Å². The SMILES string of the molecule is COc1cc2c(cc1CN1CCc3c(nc(N4C[C@H](C)O[C@@H](C)C4)[nH]c3=O)C1)OCO2. The summed E-state index contributed by atoms with van der Waals surface area (Å²) in [6, 6.07) is 3.85. The van der Waals surface area contributed by atoms with Crippen molar-refractivity contribution in [1.29, 1.82) is 0 Å². The summed E-state index contributed by atoms with van der Waals surface area (Å²) in [5.74, 6) is 2.84. The minimum absolute atomic E-state index is 0.0351. The summed E-state index contributed by atoms with van der Waals surface area (Å²) in [6.45, 7) is 7.80. The number of H-pyrrole nitrogens is 1. The van der Waals surface area contributed by atoms with Gasteiger partial charge in [-0.1, -0.05) is 0 Å². The van der Waals surface area contributed by atoms with E-state index < -0.39 is 0 Å². The molecule has 0 unspecified atom stereocenters. The van der Waals surface area contributed by atoms with Crippen molar-refractivity contribution in [3.05, 3.63) is 39.3 Å². The van der Waals surface area contributed by atoms with E-state index in [2.05, 4.69) is 14.8 Å². The van der Waals surface area contributed by atoms with E-state index >= 15 is 0 Å². The van der Waals surface area contributed by atoms with Crippen LogP contribution in [0.4, 0.5) is 5.95 Å². The third-order valence-corrected chi connectivity index (χ3v) is 6.03. The van der Waals surface area contributed by atoms with Gasteiger partial charge in [-0.15, -0.1) is 0 Å². The first-order chi connectivity index (χ1) is 15.0. The van der Waals surface area contributed by atoms with Crippen LogP contribution in [-0.2, 0) is 24.2 Å². The lowest BCUT2D eigenvalue weighted by atomic mass is 10.0. The molecule has 0 spiro atoms. The molecule has 1 aromatic carbocycles. The monoisotopic (exact) mass is 428 g/mol. The van der Waals surface area contributed by atoms with Gasteiger partial charge in [0.25, 0.3) is 5.56 Å². The summed E-state index contributed by atoms with van der Waals surface area (Å²) in [5, 5.41) is 0. The minimum atomic E-state index is -0.0351. The van der Waals surface area contributed by atoms with E-state index in [0.29, 0.717) is 44.3 Å². The molecule has 31 heavy (non-hydrogen) atoms. The molecule has 9 heteroatoms. The second-order valence-corrected chi connectivity index (χ2v) is 8.46. The second kappa shape index (κ2) is 8.05. The van der Waals surface area contributed by atoms with Gasteiger partial charge in [-0.2, -0.15) is 0 Å². The Bertz CT molecular complexity index is 1030. The number of hydrogen-bond donors (Lipinski definition) is 1. The molecule has 0 saturated carbocycles. The number of hydrogen-bond acceptors (Lipinski definition) is 8. The van der Waals surface area contributed by atoms with Crippen LogP contribution >= 0.6 is 0 Å². The second-order valence-electron chi connectivity index (χ2n) is 8.46. The molecule has 0 bridgehead atoms. The first-order valence-electron chi connectivity index (χ1n) is 10.7. The standard InChI is InChI=1S/C22H28N4O5/c1-13-8-26(9-14(2)31-13)22-23-17-11-25(5-4-16(17)21(27)24-22)10-15-6-19-20(30-12-29-19)7-18(15)28-3/h6-7,13-14H,4-5,8-12H2,1-3H3,(H,23,24,27)/t13-,14-/m0/s1. The number of anilines is 1. The molecule has 166 valence electrons. The highest BCUT2D eigenvalue weighted by Crippen LogP contribution is 2.38. The zero-order valence-corrected chi connectivity index (χ0v) is 18.1. The van der Waals surface area contributed by atoms with Crippen LogP contribution in [0.1, 0.15) is 30.7 Å². The fourth-order valence-corrected chi connectivity index (χ4v) is 4.64. The van der Waals surface area contributed by atoms with Crippen LogP contribution in [0.5, 0.6) is 17.2 Å². The van der Waals surface area contributed by atoms with Crippen molar-refractivity contribution in [1.82, 2.24) is 14.9 Å². The lowest BCUT2D eigenvalue weighted by molar-refractivity contribution is -0.00576. The molecule has 1 saturated heterocycles. The summed E-state index contributed by atoms with van der Waals surface area (Å²) in [5.41, 5.74) is 2.62. The quantitative estimate of drug-likeness (QED) is 0.787. The fourth-order valence-electron chi connectivity index (χ4n) is 4.64. The van der Waals surface area contributed by atoms with Crippen LogP contribution in [0, 0.1) is 0 Å². The average Bonchev–Trinajstić information content (AvgIpc) is 3.19. The molecule has 2 atom stereocenters. The molecule has 5 rings (SSSR count). The Kier molecular flexibility index (Phi) is 5.23. The molecule has 3 aliphatic rings. The zero-order valence-electron chi connectivity index (χ0n) is 18.1.